The summed E-state index contributed by atoms with van der Waals surface area (Å²) in [5.74, 6) is -1.03. The molecule has 0 aliphatic carbocycles. The highest BCUT2D eigenvalue weighted by Gasteiger charge is 2.20. The molecular weight excluding hydrogens is 214 g/mol. The molecule has 0 aliphatic heterocycles. The lowest BCUT2D eigenvalue weighted by molar-refractivity contribution is -0.141. The first-order chi connectivity index (χ1) is 7.97. The van der Waals surface area contributed by atoms with Gasteiger partial charge >= 0.3 is 5.97 Å². The Kier molecular flexibility index (Phi) is 4.70. The van der Waals surface area contributed by atoms with Gasteiger partial charge in [-0.3, -0.25) is 4.79 Å². The molecule has 0 aliphatic rings. The normalized spacial score (nSPS) is 14.4. The smallest absolute Gasteiger partial charge is 0.307 e. The summed E-state index contributed by atoms with van der Waals surface area (Å²) in [5.41, 5.74) is 9.21. The van der Waals surface area contributed by atoms with Gasteiger partial charge in [-0.2, -0.15) is 0 Å². The number of carbonyl (C=O) groups is 1. The van der Waals surface area contributed by atoms with Crippen molar-refractivity contribution in [2.24, 2.45) is 11.7 Å². The van der Waals surface area contributed by atoms with Crippen molar-refractivity contribution >= 4 is 5.97 Å². The third kappa shape index (κ3) is 3.30. The molecule has 3 nitrogen and oxygen atoms in total. The van der Waals surface area contributed by atoms with Crippen molar-refractivity contribution in [2.75, 3.05) is 6.54 Å². The Morgan fingerprint density at radius 2 is 2.06 bits per heavy atom. The van der Waals surface area contributed by atoms with E-state index in [4.69, 9.17) is 10.8 Å². The number of aliphatic carboxylic acids is 1. The average molecular weight is 235 g/mol. The van der Waals surface area contributed by atoms with Crippen LogP contribution in [0.2, 0.25) is 0 Å². The van der Waals surface area contributed by atoms with Gasteiger partial charge in [-0.1, -0.05) is 25.1 Å². The molecule has 0 saturated carbocycles. The first-order valence-corrected chi connectivity index (χ1v) is 5.96. The van der Waals surface area contributed by atoms with Crippen molar-refractivity contribution < 1.29 is 9.90 Å². The van der Waals surface area contributed by atoms with E-state index < -0.39 is 11.9 Å². The summed E-state index contributed by atoms with van der Waals surface area (Å²) in [6.45, 7) is 6.42. The highest BCUT2D eigenvalue weighted by molar-refractivity contribution is 5.70. The Morgan fingerprint density at radius 3 is 2.59 bits per heavy atom. The van der Waals surface area contributed by atoms with E-state index >= 15 is 0 Å². The Morgan fingerprint density at radius 1 is 1.41 bits per heavy atom. The third-order valence-corrected chi connectivity index (χ3v) is 3.45. The highest BCUT2D eigenvalue weighted by atomic mass is 16.4. The summed E-state index contributed by atoms with van der Waals surface area (Å²) in [4.78, 5) is 11.0. The molecule has 2 unspecified atom stereocenters. The second-order valence-electron chi connectivity index (χ2n) is 4.70. The SMILES string of the molecule is Cc1cccc(C(C)CC(CN)C(=O)O)c1C. The van der Waals surface area contributed by atoms with Crippen molar-refractivity contribution in [1.29, 1.82) is 0 Å². The molecule has 2 atom stereocenters. The molecule has 94 valence electrons. The first-order valence-electron chi connectivity index (χ1n) is 5.96. The Hall–Kier alpha value is -1.35. The molecule has 0 spiro atoms. The topological polar surface area (TPSA) is 63.3 Å². The van der Waals surface area contributed by atoms with Crippen LogP contribution in [-0.2, 0) is 4.79 Å². The minimum absolute atomic E-state index is 0.199. The van der Waals surface area contributed by atoms with Gasteiger partial charge in [0.1, 0.15) is 0 Å². The van der Waals surface area contributed by atoms with Gasteiger partial charge < -0.3 is 10.8 Å². The predicted molar refractivity (Wildman–Crippen MR) is 69.1 cm³/mol. The van der Waals surface area contributed by atoms with E-state index in [0.717, 1.165) is 0 Å². The maximum Gasteiger partial charge on any atom is 0.307 e. The average Bonchev–Trinajstić information content (AvgIpc) is 2.28. The molecule has 17 heavy (non-hydrogen) atoms. The highest BCUT2D eigenvalue weighted by Crippen LogP contribution is 2.27. The van der Waals surface area contributed by atoms with Gasteiger partial charge in [0.15, 0.2) is 0 Å². The maximum atomic E-state index is 11.0. The summed E-state index contributed by atoms with van der Waals surface area (Å²) in [6, 6.07) is 6.16. The molecular formula is C14H21NO2. The van der Waals surface area contributed by atoms with Crippen LogP contribution in [0.25, 0.3) is 0 Å². The van der Waals surface area contributed by atoms with Gasteiger partial charge in [0.2, 0.25) is 0 Å². The van der Waals surface area contributed by atoms with Crippen LogP contribution >= 0.6 is 0 Å². The van der Waals surface area contributed by atoms with E-state index in [1.54, 1.807) is 0 Å². The lowest BCUT2D eigenvalue weighted by Crippen LogP contribution is -2.25. The first kappa shape index (κ1) is 13.7. The molecule has 1 aromatic carbocycles. The minimum Gasteiger partial charge on any atom is -0.481 e. The Balaban J connectivity index is 2.86. The van der Waals surface area contributed by atoms with Crippen molar-refractivity contribution in [2.45, 2.75) is 33.1 Å². The van der Waals surface area contributed by atoms with Crippen LogP contribution in [0, 0.1) is 19.8 Å². The number of hydrogen-bond donors (Lipinski definition) is 2. The van der Waals surface area contributed by atoms with E-state index in [-0.39, 0.29) is 12.5 Å². The monoisotopic (exact) mass is 235 g/mol. The van der Waals surface area contributed by atoms with Crippen LogP contribution in [-0.4, -0.2) is 17.6 Å². The van der Waals surface area contributed by atoms with Gasteiger partial charge in [-0.15, -0.1) is 0 Å². The molecule has 0 bridgehead atoms. The largest absolute Gasteiger partial charge is 0.481 e. The van der Waals surface area contributed by atoms with Gasteiger partial charge in [-0.25, -0.2) is 0 Å². The van der Waals surface area contributed by atoms with Crippen LogP contribution in [0.15, 0.2) is 18.2 Å². The number of benzene rings is 1. The maximum absolute atomic E-state index is 11.0. The van der Waals surface area contributed by atoms with Gasteiger partial charge in [0, 0.05) is 6.54 Å². The number of rotatable bonds is 5. The van der Waals surface area contributed by atoms with Gasteiger partial charge in [-0.05, 0) is 42.9 Å². The number of hydrogen-bond acceptors (Lipinski definition) is 2. The molecule has 0 fully saturated rings. The summed E-state index contributed by atoms with van der Waals surface area (Å²) >= 11 is 0. The Labute approximate surface area is 103 Å². The quantitative estimate of drug-likeness (QED) is 0.824. The lowest BCUT2D eigenvalue weighted by Gasteiger charge is -2.19. The second-order valence-corrected chi connectivity index (χ2v) is 4.70. The van der Waals surface area contributed by atoms with Crippen molar-refractivity contribution in [1.82, 2.24) is 0 Å². The number of carboxylic acid groups (broad SMARTS) is 1. The standard InChI is InChI=1S/C14H21NO2/c1-9-5-4-6-13(11(9)3)10(2)7-12(8-15)14(16)17/h4-6,10,12H,7-8,15H2,1-3H3,(H,16,17). The van der Waals surface area contributed by atoms with Crippen LogP contribution in [0.4, 0.5) is 0 Å². The number of aryl methyl sites for hydroxylation is 1. The molecule has 0 radical (unpaired) electrons. The molecule has 1 rings (SSSR count). The molecule has 3 heteroatoms. The predicted octanol–water partition coefficient (Wildman–Crippen LogP) is 2.46. The van der Waals surface area contributed by atoms with Crippen molar-refractivity contribution in [3.05, 3.63) is 34.9 Å². The fraction of sp³-hybridized carbons (Fsp3) is 0.500. The lowest BCUT2D eigenvalue weighted by atomic mass is 9.86. The van der Waals surface area contributed by atoms with Gasteiger partial charge in [0.05, 0.1) is 5.92 Å². The summed E-state index contributed by atoms with van der Waals surface area (Å²) < 4.78 is 0. The zero-order valence-corrected chi connectivity index (χ0v) is 10.7. The van der Waals surface area contributed by atoms with E-state index in [1.165, 1.54) is 16.7 Å². The van der Waals surface area contributed by atoms with E-state index in [2.05, 4.69) is 32.9 Å². The molecule has 0 amide bonds. The minimum atomic E-state index is -0.801. The third-order valence-electron chi connectivity index (χ3n) is 3.45. The van der Waals surface area contributed by atoms with Crippen LogP contribution in [0.5, 0.6) is 0 Å². The zero-order chi connectivity index (χ0) is 13.0. The summed E-state index contributed by atoms with van der Waals surface area (Å²) in [5, 5.41) is 9.01. The Bertz CT molecular complexity index is 401. The summed E-state index contributed by atoms with van der Waals surface area (Å²) in [7, 11) is 0. The van der Waals surface area contributed by atoms with E-state index in [9.17, 15) is 4.79 Å². The number of carboxylic acids is 1. The fourth-order valence-corrected chi connectivity index (χ4v) is 2.16. The van der Waals surface area contributed by atoms with Crippen LogP contribution in [0.1, 0.15) is 36.0 Å². The van der Waals surface area contributed by atoms with Gasteiger partial charge in [0.25, 0.3) is 0 Å². The zero-order valence-electron chi connectivity index (χ0n) is 10.7. The molecule has 3 N–H and O–H groups in total. The summed E-state index contributed by atoms with van der Waals surface area (Å²) in [6.07, 6.45) is 0.593. The fourth-order valence-electron chi connectivity index (χ4n) is 2.16. The van der Waals surface area contributed by atoms with E-state index in [1.807, 2.05) is 6.07 Å². The number of nitrogens with two attached hydrogens (primary N) is 1. The van der Waals surface area contributed by atoms with E-state index in [0.29, 0.717) is 6.42 Å². The molecule has 0 aromatic heterocycles. The molecule has 0 saturated heterocycles. The van der Waals surface area contributed by atoms with Crippen molar-refractivity contribution in [3.63, 3.8) is 0 Å². The second kappa shape index (κ2) is 5.82. The van der Waals surface area contributed by atoms with Crippen LogP contribution < -0.4 is 5.73 Å². The van der Waals surface area contributed by atoms with Crippen LogP contribution in [0.3, 0.4) is 0 Å². The molecule has 0 heterocycles. The molecule has 1 aromatic rings. The van der Waals surface area contributed by atoms with Crippen molar-refractivity contribution in [3.8, 4) is 0 Å².